The Balaban J connectivity index is 1.78. The number of alkyl halides is 2. The number of halogens is 2. The van der Waals surface area contributed by atoms with Crippen molar-refractivity contribution in [3.8, 4) is 5.75 Å². The molecule has 0 bridgehead atoms. The number of nitrogens with zero attached hydrogens (tertiary/aromatic N) is 5. The van der Waals surface area contributed by atoms with Gasteiger partial charge >= 0.3 is 0 Å². The number of benzene rings is 1. The second-order valence-corrected chi connectivity index (χ2v) is 8.54. The fourth-order valence-electron chi connectivity index (χ4n) is 3.45. The van der Waals surface area contributed by atoms with Gasteiger partial charge in [0.05, 0.1) is 31.8 Å². The van der Waals surface area contributed by atoms with Crippen LogP contribution in [0, 0.1) is 0 Å². The summed E-state index contributed by atoms with van der Waals surface area (Å²) >= 11 is 0. The Bertz CT molecular complexity index is 1020. The summed E-state index contributed by atoms with van der Waals surface area (Å²) in [7, 11) is 1.63. The smallest absolute Gasteiger partial charge is 0.266 e. The first kappa shape index (κ1) is 19.5. The lowest BCUT2D eigenvalue weighted by atomic mass is 9.95. The quantitative estimate of drug-likeness (QED) is 0.661. The maximum atomic E-state index is 13.9. The predicted octanol–water partition coefficient (Wildman–Crippen LogP) is 4.03. The fraction of sp³-hybridized carbons (Fsp3) is 0.476. The number of fused-ring (bicyclic) bond motifs is 1. The van der Waals surface area contributed by atoms with Crippen molar-refractivity contribution in [2.45, 2.75) is 45.1 Å². The minimum atomic E-state index is -2.70. The maximum absolute atomic E-state index is 13.9. The number of aromatic nitrogens is 4. The van der Waals surface area contributed by atoms with E-state index < -0.39 is 5.92 Å². The van der Waals surface area contributed by atoms with Gasteiger partial charge in [-0.2, -0.15) is 5.10 Å². The van der Waals surface area contributed by atoms with Gasteiger partial charge in [0.25, 0.3) is 5.92 Å². The SMILES string of the molecule is COc1ccc(Cn2ncc3c(N4CCC(F)(F)C4)nc(C(C)(C)C)nc32)cc1. The lowest BCUT2D eigenvalue weighted by molar-refractivity contribution is 0.0257. The van der Waals surface area contributed by atoms with Crippen LogP contribution in [-0.4, -0.2) is 45.9 Å². The Morgan fingerprint density at radius 2 is 1.86 bits per heavy atom. The highest BCUT2D eigenvalue weighted by Crippen LogP contribution is 2.35. The maximum Gasteiger partial charge on any atom is 0.266 e. The van der Waals surface area contributed by atoms with E-state index in [1.165, 1.54) is 0 Å². The highest BCUT2D eigenvalue weighted by molar-refractivity contribution is 5.87. The van der Waals surface area contributed by atoms with E-state index in [0.29, 0.717) is 29.2 Å². The average Bonchev–Trinajstić information content (AvgIpc) is 3.24. The van der Waals surface area contributed by atoms with Crippen LogP contribution in [0.2, 0.25) is 0 Å². The number of hydrogen-bond acceptors (Lipinski definition) is 5. The van der Waals surface area contributed by atoms with E-state index in [1.807, 2.05) is 45.0 Å². The zero-order chi connectivity index (χ0) is 20.8. The first-order chi connectivity index (χ1) is 13.7. The van der Waals surface area contributed by atoms with E-state index >= 15 is 0 Å². The van der Waals surface area contributed by atoms with Crippen molar-refractivity contribution in [1.29, 1.82) is 0 Å². The van der Waals surface area contributed by atoms with Gasteiger partial charge < -0.3 is 9.64 Å². The van der Waals surface area contributed by atoms with E-state index in [4.69, 9.17) is 9.72 Å². The molecule has 154 valence electrons. The third-order valence-corrected chi connectivity index (χ3v) is 5.11. The third-order valence-electron chi connectivity index (χ3n) is 5.11. The van der Waals surface area contributed by atoms with E-state index in [2.05, 4.69) is 10.1 Å². The summed E-state index contributed by atoms with van der Waals surface area (Å²) in [6.45, 7) is 6.50. The van der Waals surface area contributed by atoms with Gasteiger partial charge in [0, 0.05) is 18.4 Å². The van der Waals surface area contributed by atoms with Gasteiger partial charge in [-0.05, 0) is 17.7 Å². The molecular weight excluding hydrogens is 376 g/mol. The minimum Gasteiger partial charge on any atom is -0.497 e. The van der Waals surface area contributed by atoms with Crippen LogP contribution in [-0.2, 0) is 12.0 Å². The molecule has 0 atom stereocenters. The topological polar surface area (TPSA) is 56.1 Å². The Labute approximate surface area is 168 Å². The molecule has 1 aromatic carbocycles. The van der Waals surface area contributed by atoms with Crippen LogP contribution in [0.15, 0.2) is 30.5 Å². The molecular formula is C21H25F2N5O. The summed E-state index contributed by atoms with van der Waals surface area (Å²) in [4.78, 5) is 11.1. The Morgan fingerprint density at radius 3 is 2.45 bits per heavy atom. The Hall–Kier alpha value is -2.77. The fourth-order valence-corrected chi connectivity index (χ4v) is 3.45. The summed E-state index contributed by atoms with van der Waals surface area (Å²) in [6.07, 6.45) is 1.51. The van der Waals surface area contributed by atoms with Crippen LogP contribution in [0.5, 0.6) is 5.75 Å². The summed E-state index contributed by atoms with van der Waals surface area (Å²) in [6, 6.07) is 7.74. The normalized spacial score (nSPS) is 16.6. The van der Waals surface area contributed by atoms with Gasteiger partial charge in [-0.3, -0.25) is 0 Å². The molecule has 1 fully saturated rings. The summed E-state index contributed by atoms with van der Waals surface area (Å²) in [5, 5.41) is 5.19. The van der Waals surface area contributed by atoms with Crippen molar-refractivity contribution in [2.24, 2.45) is 0 Å². The lowest BCUT2D eigenvalue weighted by Crippen LogP contribution is -2.27. The summed E-state index contributed by atoms with van der Waals surface area (Å²) in [5.41, 5.74) is 1.38. The van der Waals surface area contributed by atoms with Crippen LogP contribution < -0.4 is 9.64 Å². The molecule has 1 aliphatic heterocycles. The third kappa shape index (κ3) is 3.88. The second kappa shape index (κ2) is 6.93. The second-order valence-electron chi connectivity index (χ2n) is 8.54. The summed E-state index contributed by atoms with van der Waals surface area (Å²) in [5.74, 6) is -0.753. The van der Waals surface area contributed by atoms with Crippen molar-refractivity contribution in [2.75, 3.05) is 25.1 Å². The molecule has 2 aromatic heterocycles. The molecule has 0 aliphatic carbocycles. The first-order valence-electron chi connectivity index (χ1n) is 9.66. The van der Waals surface area contributed by atoms with Crippen LogP contribution in [0.3, 0.4) is 0 Å². The molecule has 3 heterocycles. The molecule has 1 aliphatic rings. The lowest BCUT2D eigenvalue weighted by Gasteiger charge is -2.22. The average molecular weight is 401 g/mol. The molecule has 1 saturated heterocycles. The Kier molecular flexibility index (Phi) is 4.67. The molecule has 8 heteroatoms. The van der Waals surface area contributed by atoms with Gasteiger partial charge in [-0.1, -0.05) is 32.9 Å². The molecule has 0 N–H and O–H groups in total. The zero-order valence-electron chi connectivity index (χ0n) is 17.1. The monoisotopic (exact) mass is 401 g/mol. The van der Waals surface area contributed by atoms with E-state index in [-0.39, 0.29) is 24.9 Å². The molecule has 4 rings (SSSR count). The predicted molar refractivity (Wildman–Crippen MR) is 108 cm³/mol. The van der Waals surface area contributed by atoms with Crippen LogP contribution in [0.4, 0.5) is 14.6 Å². The van der Waals surface area contributed by atoms with E-state index in [9.17, 15) is 8.78 Å². The standard InChI is InChI=1S/C21H25F2N5O/c1-20(2,3)19-25-17(27-10-9-21(22,23)13-27)16-11-24-28(18(16)26-19)12-14-5-7-15(29-4)8-6-14/h5-8,11H,9-10,12-13H2,1-4H3. The van der Waals surface area contributed by atoms with E-state index in [1.54, 1.807) is 22.9 Å². The number of methoxy groups -OCH3 is 1. The first-order valence-corrected chi connectivity index (χ1v) is 9.66. The number of hydrogen-bond donors (Lipinski definition) is 0. The van der Waals surface area contributed by atoms with Gasteiger partial charge in [-0.15, -0.1) is 0 Å². The number of anilines is 1. The van der Waals surface area contributed by atoms with Gasteiger partial charge in [-0.25, -0.2) is 23.4 Å². The minimum absolute atomic E-state index is 0.163. The molecule has 0 saturated carbocycles. The van der Waals surface area contributed by atoms with Crippen molar-refractivity contribution in [3.05, 3.63) is 41.9 Å². The van der Waals surface area contributed by atoms with Crippen LogP contribution in [0.25, 0.3) is 11.0 Å². The van der Waals surface area contributed by atoms with E-state index in [0.717, 1.165) is 11.3 Å². The van der Waals surface area contributed by atoms with Crippen LogP contribution >= 0.6 is 0 Å². The van der Waals surface area contributed by atoms with Crippen LogP contribution in [0.1, 0.15) is 38.6 Å². The molecule has 6 nitrogen and oxygen atoms in total. The molecule has 0 spiro atoms. The molecule has 0 unspecified atom stereocenters. The zero-order valence-corrected chi connectivity index (χ0v) is 17.1. The van der Waals surface area contributed by atoms with Crippen molar-refractivity contribution in [3.63, 3.8) is 0 Å². The largest absolute Gasteiger partial charge is 0.497 e. The highest BCUT2D eigenvalue weighted by atomic mass is 19.3. The highest BCUT2D eigenvalue weighted by Gasteiger charge is 2.40. The summed E-state index contributed by atoms with van der Waals surface area (Å²) < 4.78 is 34.7. The molecule has 0 amide bonds. The molecule has 0 radical (unpaired) electrons. The molecule has 29 heavy (non-hydrogen) atoms. The van der Waals surface area contributed by atoms with Gasteiger partial charge in [0.15, 0.2) is 5.65 Å². The van der Waals surface area contributed by atoms with Gasteiger partial charge in [0.1, 0.15) is 17.4 Å². The number of ether oxygens (including phenoxy) is 1. The number of rotatable bonds is 4. The van der Waals surface area contributed by atoms with Crippen molar-refractivity contribution >= 4 is 16.9 Å². The van der Waals surface area contributed by atoms with Crippen molar-refractivity contribution in [1.82, 2.24) is 19.7 Å². The molecule has 3 aromatic rings. The Morgan fingerprint density at radius 1 is 1.14 bits per heavy atom. The van der Waals surface area contributed by atoms with Gasteiger partial charge in [0.2, 0.25) is 0 Å². The van der Waals surface area contributed by atoms with Crippen molar-refractivity contribution < 1.29 is 13.5 Å².